The summed E-state index contributed by atoms with van der Waals surface area (Å²) >= 11 is 0. The number of hydrogen-bond donors (Lipinski definition) is 1. The number of rotatable bonds is 6. The lowest BCUT2D eigenvalue weighted by Crippen LogP contribution is -2.24. The van der Waals surface area contributed by atoms with Gasteiger partial charge in [-0.1, -0.05) is 0 Å². The van der Waals surface area contributed by atoms with Crippen molar-refractivity contribution in [3.8, 4) is 0 Å². The summed E-state index contributed by atoms with van der Waals surface area (Å²) in [6.07, 6.45) is -1.97. The largest absolute Gasteiger partial charge is 0.481 e. The van der Waals surface area contributed by atoms with Crippen LogP contribution in [0.4, 0.5) is 13.2 Å². The van der Waals surface area contributed by atoms with E-state index in [1.807, 2.05) is 0 Å². The van der Waals surface area contributed by atoms with Crippen molar-refractivity contribution in [2.24, 2.45) is 0 Å². The van der Waals surface area contributed by atoms with Crippen molar-refractivity contribution >= 4 is 16.1 Å². The van der Waals surface area contributed by atoms with Gasteiger partial charge >= 0.3 is 5.97 Å². The van der Waals surface area contributed by atoms with Gasteiger partial charge in [0.1, 0.15) is 5.82 Å². The SMILES string of the molecule is CS(=O)(=O)O[C@H](CC(=O)O)Cc1cc(F)c(F)cc1F. The van der Waals surface area contributed by atoms with Crippen LogP contribution in [0.3, 0.4) is 0 Å². The van der Waals surface area contributed by atoms with Crippen LogP contribution in [0.15, 0.2) is 12.1 Å². The molecule has 0 spiro atoms. The first-order valence-electron chi connectivity index (χ1n) is 5.32. The Bertz CT molecular complexity index is 615. The van der Waals surface area contributed by atoms with Gasteiger partial charge in [0.15, 0.2) is 11.6 Å². The molecule has 0 aromatic heterocycles. The number of benzene rings is 1. The van der Waals surface area contributed by atoms with Crippen LogP contribution in [-0.2, 0) is 25.5 Å². The molecule has 0 fully saturated rings. The van der Waals surface area contributed by atoms with Gasteiger partial charge in [-0.2, -0.15) is 8.42 Å². The Labute approximate surface area is 113 Å². The predicted molar refractivity (Wildman–Crippen MR) is 62.0 cm³/mol. The second-order valence-corrected chi connectivity index (χ2v) is 5.68. The zero-order valence-electron chi connectivity index (χ0n) is 10.3. The van der Waals surface area contributed by atoms with Gasteiger partial charge in [-0.3, -0.25) is 8.98 Å². The summed E-state index contributed by atoms with van der Waals surface area (Å²) < 4.78 is 65.6. The van der Waals surface area contributed by atoms with E-state index in [9.17, 15) is 26.4 Å². The molecule has 0 aliphatic rings. The van der Waals surface area contributed by atoms with Gasteiger partial charge in [-0.05, 0) is 11.6 Å². The quantitative estimate of drug-likeness (QED) is 0.635. The van der Waals surface area contributed by atoms with Crippen molar-refractivity contribution < 1.29 is 35.7 Å². The molecule has 0 aliphatic carbocycles. The Morgan fingerprint density at radius 1 is 1.25 bits per heavy atom. The van der Waals surface area contributed by atoms with Crippen LogP contribution in [0.25, 0.3) is 0 Å². The number of carbonyl (C=O) groups is 1. The van der Waals surface area contributed by atoms with Gasteiger partial charge in [0, 0.05) is 12.5 Å². The lowest BCUT2D eigenvalue weighted by atomic mass is 10.0. The lowest BCUT2D eigenvalue weighted by Gasteiger charge is -2.15. The highest BCUT2D eigenvalue weighted by atomic mass is 32.2. The second kappa shape index (κ2) is 6.23. The Morgan fingerprint density at radius 3 is 2.30 bits per heavy atom. The molecular formula is C11H11F3O5S. The van der Waals surface area contributed by atoms with Gasteiger partial charge in [0.05, 0.1) is 18.8 Å². The fraction of sp³-hybridized carbons (Fsp3) is 0.364. The van der Waals surface area contributed by atoms with Crippen molar-refractivity contribution in [2.75, 3.05) is 6.26 Å². The number of halogens is 3. The minimum atomic E-state index is -3.97. The van der Waals surface area contributed by atoms with E-state index in [0.717, 1.165) is 0 Å². The molecular weight excluding hydrogens is 301 g/mol. The molecule has 0 aliphatic heterocycles. The molecule has 1 N–H and O–H groups in total. The van der Waals surface area contributed by atoms with E-state index >= 15 is 0 Å². The standard InChI is InChI=1S/C11H11F3O5S/c1-20(17,18)19-7(4-11(15)16)2-6-3-9(13)10(14)5-8(6)12/h3,5,7H,2,4H2,1H3,(H,15,16)/t7-/m0/s1. The Balaban J connectivity index is 3.00. The van der Waals surface area contributed by atoms with E-state index in [1.54, 1.807) is 0 Å². The molecule has 9 heteroatoms. The zero-order chi connectivity index (χ0) is 15.5. The van der Waals surface area contributed by atoms with Crippen LogP contribution >= 0.6 is 0 Å². The maximum Gasteiger partial charge on any atom is 0.306 e. The molecule has 1 rings (SSSR count). The van der Waals surface area contributed by atoms with Gasteiger partial charge in [0.2, 0.25) is 0 Å². The molecule has 20 heavy (non-hydrogen) atoms. The molecule has 0 saturated heterocycles. The number of carboxylic acid groups (broad SMARTS) is 1. The predicted octanol–water partition coefficient (Wildman–Crippen LogP) is 1.47. The average molecular weight is 312 g/mol. The molecule has 1 atom stereocenters. The van der Waals surface area contributed by atoms with Crippen LogP contribution in [0.2, 0.25) is 0 Å². The topological polar surface area (TPSA) is 80.7 Å². The van der Waals surface area contributed by atoms with E-state index in [-0.39, 0.29) is 5.56 Å². The van der Waals surface area contributed by atoms with E-state index in [1.165, 1.54) is 0 Å². The summed E-state index contributed by atoms with van der Waals surface area (Å²) in [4.78, 5) is 10.6. The molecule has 1 aromatic carbocycles. The molecule has 0 bridgehead atoms. The minimum absolute atomic E-state index is 0.295. The molecule has 0 heterocycles. The van der Waals surface area contributed by atoms with E-state index < -0.39 is 52.5 Å². The summed E-state index contributed by atoms with van der Waals surface area (Å²) in [5, 5.41) is 8.62. The highest BCUT2D eigenvalue weighted by Gasteiger charge is 2.22. The van der Waals surface area contributed by atoms with Gasteiger partial charge in [-0.15, -0.1) is 0 Å². The number of aliphatic carboxylic acids is 1. The fourth-order valence-corrected chi connectivity index (χ4v) is 2.18. The minimum Gasteiger partial charge on any atom is -0.481 e. The number of hydrogen-bond acceptors (Lipinski definition) is 4. The Hall–Kier alpha value is -1.61. The maximum atomic E-state index is 13.4. The first-order chi connectivity index (χ1) is 9.08. The summed E-state index contributed by atoms with van der Waals surface area (Å²) in [6.45, 7) is 0. The van der Waals surface area contributed by atoms with Crippen LogP contribution < -0.4 is 0 Å². The third kappa shape index (κ3) is 5.17. The number of carboxylic acids is 1. The first-order valence-corrected chi connectivity index (χ1v) is 7.13. The monoisotopic (exact) mass is 312 g/mol. The van der Waals surface area contributed by atoms with E-state index in [0.29, 0.717) is 18.4 Å². The Morgan fingerprint density at radius 2 is 1.80 bits per heavy atom. The van der Waals surface area contributed by atoms with Crippen molar-refractivity contribution in [1.82, 2.24) is 0 Å². The summed E-state index contributed by atoms with van der Waals surface area (Å²) in [7, 11) is -3.97. The van der Waals surface area contributed by atoms with Crippen molar-refractivity contribution in [1.29, 1.82) is 0 Å². The molecule has 0 amide bonds. The molecule has 5 nitrogen and oxygen atoms in total. The second-order valence-electron chi connectivity index (χ2n) is 4.08. The maximum absolute atomic E-state index is 13.4. The van der Waals surface area contributed by atoms with Gasteiger partial charge < -0.3 is 5.11 Å². The van der Waals surface area contributed by atoms with Gasteiger partial charge in [-0.25, -0.2) is 13.2 Å². The molecule has 1 aromatic rings. The summed E-state index contributed by atoms with van der Waals surface area (Å²) in [5.41, 5.74) is -0.376. The van der Waals surface area contributed by atoms with Crippen LogP contribution in [0, 0.1) is 17.5 Å². The van der Waals surface area contributed by atoms with E-state index in [4.69, 9.17) is 5.11 Å². The highest BCUT2D eigenvalue weighted by molar-refractivity contribution is 7.86. The average Bonchev–Trinajstić information content (AvgIpc) is 2.22. The van der Waals surface area contributed by atoms with Crippen molar-refractivity contribution in [3.63, 3.8) is 0 Å². The molecule has 112 valence electrons. The first kappa shape index (κ1) is 16.4. The molecule has 0 radical (unpaired) electrons. The normalized spacial score (nSPS) is 13.2. The fourth-order valence-electron chi connectivity index (χ4n) is 1.55. The van der Waals surface area contributed by atoms with Crippen LogP contribution in [0.1, 0.15) is 12.0 Å². The molecule has 0 saturated carbocycles. The third-order valence-corrected chi connectivity index (χ3v) is 2.87. The van der Waals surface area contributed by atoms with Crippen LogP contribution in [-0.4, -0.2) is 31.9 Å². The Kier molecular flexibility index (Phi) is 5.12. The zero-order valence-corrected chi connectivity index (χ0v) is 11.1. The van der Waals surface area contributed by atoms with Gasteiger partial charge in [0.25, 0.3) is 10.1 Å². The highest BCUT2D eigenvalue weighted by Crippen LogP contribution is 2.18. The van der Waals surface area contributed by atoms with Crippen LogP contribution in [0.5, 0.6) is 0 Å². The molecule has 0 unspecified atom stereocenters. The smallest absolute Gasteiger partial charge is 0.306 e. The summed E-state index contributed by atoms with van der Waals surface area (Å²) in [6, 6.07) is 0.827. The van der Waals surface area contributed by atoms with Crippen molar-refractivity contribution in [3.05, 3.63) is 35.1 Å². The summed E-state index contributed by atoms with van der Waals surface area (Å²) in [5.74, 6) is -5.21. The van der Waals surface area contributed by atoms with Crippen molar-refractivity contribution in [2.45, 2.75) is 18.9 Å². The third-order valence-electron chi connectivity index (χ3n) is 2.25. The van der Waals surface area contributed by atoms with E-state index in [2.05, 4.69) is 4.18 Å². The lowest BCUT2D eigenvalue weighted by molar-refractivity contribution is -0.138.